The molecule has 0 bridgehead atoms. The van der Waals surface area contributed by atoms with Crippen LogP contribution in [0.2, 0.25) is 10.0 Å². The molecule has 1 fully saturated rings. The monoisotopic (exact) mass is 467 g/mol. The molecule has 30 heavy (non-hydrogen) atoms. The third-order valence-electron chi connectivity index (χ3n) is 5.88. The Morgan fingerprint density at radius 1 is 1.03 bits per heavy atom. The van der Waals surface area contributed by atoms with E-state index in [1.807, 2.05) is 12.1 Å². The number of nitrogens with zero attached hydrogens (tertiary/aromatic N) is 1. The Balaban J connectivity index is 1.40. The Morgan fingerprint density at radius 3 is 2.33 bits per heavy atom. The number of fused-ring (bicyclic) bond motifs is 1. The summed E-state index contributed by atoms with van der Waals surface area (Å²) in [7, 11) is -3.55. The van der Waals surface area contributed by atoms with Crippen LogP contribution < -0.4 is 11.1 Å². The van der Waals surface area contributed by atoms with E-state index in [1.54, 1.807) is 18.2 Å². The number of rotatable bonds is 4. The fraction of sp³-hybridized carbons (Fsp3) is 0.381. The molecule has 9 heteroatoms. The van der Waals surface area contributed by atoms with Crippen molar-refractivity contribution in [3.63, 3.8) is 0 Å². The number of carbonyl (C=O) groups is 1. The zero-order valence-electron chi connectivity index (χ0n) is 16.3. The van der Waals surface area contributed by atoms with Crippen molar-refractivity contribution in [2.75, 3.05) is 24.1 Å². The standard InChI is InChI=1S/C21H23Cl2N3O3S/c22-18-11-16(12-19(23)20(18)24)25-21(27)14-6-8-26(9-7-14)30(28,29)17-5-4-13-2-1-3-15(13)10-17/h4-5,10-12,14H,1-3,6-9,24H2,(H,25,27). The minimum atomic E-state index is -3.55. The summed E-state index contributed by atoms with van der Waals surface area (Å²) >= 11 is 12.0. The van der Waals surface area contributed by atoms with Crippen LogP contribution in [0.25, 0.3) is 0 Å². The van der Waals surface area contributed by atoms with Gasteiger partial charge in [-0.3, -0.25) is 4.79 Å². The molecule has 3 N–H and O–H groups in total. The van der Waals surface area contributed by atoms with Gasteiger partial charge in [0.05, 0.1) is 20.6 Å². The van der Waals surface area contributed by atoms with E-state index in [4.69, 9.17) is 28.9 Å². The second kappa shape index (κ2) is 8.38. The van der Waals surface area contributed by atoms with Crippen LogP contribution in [0.4, 0.5) is 11.4 Å². The molecule has 0 aromatic heterocycles. The second-order valence-electron chi connectivity index (χ2n) is 7.81. The topological polar surface area (TPSA) is 92.5 Å². The molecule has 1 amide bonds. The van der Waals surface area contributed by atoms with E-state index in [1.165, 1.54) is 9.87 Å². The quantitative estimate of drug-likeness (QED) is 0.661. The lowest BCUT2D eigenvalue weighted by Crippen LogP contribution is -2.41. The van der Waals surface area contributed by atoms with E-state index in [2.05, 4.69) is 5.32 Å². The van der Waals surface area contributed by atoms with Crippen LogP contribution in [-0.4, -0.2) is 31.7 Å². The molecular formula is C21H23Cl2N3O3S. The molecule has 0 unspecified atom stereocenters. The number of nitrogens with two attached hydrogens (primary N) is 1. The summed E-state index contributed by atoms with van der Waals surface area (Å²) in [6.45, 7) is 0.613. The van der Waals surface area contributed by atoms with Crippen molar-refractivity contribution in [1.29, 1.82) is 0 Å². The lowest BCUT2D eigenvalue weighted by atomic mass is 9.97. The Hall–Kier alpha value is -1.80. The maximum Gasteiger partial charge on any atom is 0.243 e. The Labute approximate surface area is 186 Å². The molecule has 2 aromatic rings. The Kier molecular flexibility index (Phi) is 5.99. The Morgan fingerprint density at radius 2 is 1.67 bits per heavy atom. The molecule has 0 spiro atoms. The largest absolute Gasteiger partial charge is 0.396 e. The summed E-state index contributed by atoms with van der Waals surface area (Å²) in [6.07, 6.45) is 3.92. The van der Waals surface area contributed by atoms with Gasteiger partial charge in [0.15, 0.2) is 0 Å². The zero-order valence-corrected chi connectivity index (χ0v) is 18.7. The summed E-state index contributed by atoms with van der Waals surface area (Å²) in [5, 5.41) is 3.35. The summed E-state index contributed by atoms with van der Waals surface area (Å²) in [5.41, 5.74) is 8.83. The number of hydrogen-bond acceptors (Lipinski definition) is 4. The van der Waals surface area contributed by atoms with E-state index < -0.39 is 10.0 Å². The zero-order chi connectivity index (χ0) is 21.5. The van der Waals surface area contributed by atoms with Crippen LogP contribution in [0.3, 0.4) is 0 Å². The first-order valence-corrected chi connectivity index (χ1v) is 12.1. The van der Waals surface area contributed by atoms with Gasteiger partial charge >= 0.3 is 0 Å². The summed E-state index contributed by atoms with van der Waals surface area (Å²) in [6, 6.07) is 8.54. The highest BCUT2D eigenvalue weighted by molar-refractivity contribution is 7.89. The van der Waals surface area contributed by atoms with Gasteiger partial charge in [0.1, 0.15) is 0 Å². The molecule has 2 aliphatic rings. The molecule has 0 radical (unpaired) electrons. The van der Waals surface area contributed by atoms with Crippen molar-refractivity contribution in [3.05, 3.63) is 51.5 Å². The van der Waals surface area contributed by atoms with Gasteiger partial charge in [-0.15, -0.1) is 0 Å². The minimum Gasteiger partial charge on any atom is -0.396 e. The number of hydrogen-bond donors (Lipinski definition) is 2. The lowest BCUT2D eigenvalue weighted by Gasteiger charge is -2.30. The number of sulfonamides is 1. The van der Waals surface area contributed by atoms with Crippen LogP contribution in [0.15, 0.2) is 35.2 Å². The summed E-state index contributed by atoms with van der Waals surface area (Å²) < 4.78 is 27.6. The first-order valence-electron chi connectivity index (χ1n) is 9.93. The van der Waals surface area contributed by atoms with Gasteiger partial charge in [0.2, 0.25) is 15.9 Å². The molecule has 0 saturated carbocycles. The van der Waals surface area contributed by atoms with Gasteiger partial charge in [0, 0.05) is 24.7 Å². The number of nitrogens with one attached hydrogen (secondary N) is 1. The fourth-order valence-electron chi connectivity index (χ4n) is 4.12. The van der Waals surface area contributed by atoms with Gasteiger partial charge in [-0.05, 0) is 67.5 Å². The van der Waals surface area contributed by atoms with Crippen molar-refractivity contribution >= 4 is 50.5 Å². The number of anilines is 2. The van der Waals surface area contributed by atoms with Crippen LogP contribution >= 0.6 is 23.2 Å². The van der Waals surface area contributed by atoms with Gasteiger partial charge in [-0.2, -0.15) is 4.31 Å². The van der Waals surface area contributed by atoms with Crippen molar-refractivity contribution in [2.24, 2.45) is 5.92 Å². The van der Waals surface area contributed by atoms with E-state index in [-0.39, 0.29) is 27.6 Å². The normalized spacial score (nSPS) is 17.7. The number of benzene rings is 2. The molecule has 6 nitrogen and oxygen atoms in total. The predicted molar refractivity (Wildman–Crippen MR) is 119 cm³/mol. The highest BCUT2D eigenvalue weighted by Gasteiger charge is 2.32. The van der Waals surface area contributed by atoms with E-state index in [0.717, 1.165) is 24.8 Å². The maximum absolute atomic E-state index is 13.0. The molecular weight excluding hydrogens is 445 g/mol. The summed E-state index contributed by atoms with van der Waals surface area (Å²) in [4.78, 5) is 13.0. The van der Waals surface area contributed by atoms with Gasteiger partial charge in [0.25, 0.3) is 0 Å². The molecule has 1 aliphatic heterocycles. The smallest absolute Gasteiger partial charge is 0.243 e. The van der Waals surface area contributed by atoms with Crippen molar-refractivity contribution < 1.29 is 13.2 Å². The number of piperidine rings is 1. The number of aryl methyl sites for hydroxylation is 2. The van der Waals surface area contributed by atoms with E-state index in [0.29, 0.717) is 36.5 Å². The van der Waals surface area contributed by atoms with Gasteiger partial charge in [-0.25, -0.2) is 8.42 Å². The van der Waals surface area contributed by atoms with Crippen LogP contribution in [0, 0.1) is 5.92 Å². The SMILES string of the molecule is Nc1c(Cl)cc(NC(=O)C2CCN(S(=O)(=O)c3ccc4c(c3)CCC4)CC2)cc1Cl. The lowest BCUT2D eigenvalue weighted by molar-refractivity contribution is -0.120. The van der Waals surface area contributed by atoms with Gasteiger partial charge in [-0.1, -0.05) is 29.3 Å². The van der Waals surface area contributed by atoms with Crippen LogP contribution in [0.1, 0.15) is 30.4 Å². The average molecular weight is 468 g/mol. The molecule has 1 aliphatic carbocycles. The van der Waals surface area contributed by atoms with Crippen molar-refractivity contribution in [2.45, 2.75) is 37.0 Å². The summed E-state index contributed by atoms with van der Waals surface area (Å²) in [5.74, 6) is -0.465. The first kappa shape index (κ1) is 21.4. The molecule has 0 atom stereocenters. The molecule has 1 saturated heterocycles. The average Bonchev–Trinajstić information content (AvgIpc) is 3.20. The minimum absolute atomic E-state index is 0.179. The molecule has 4 rings (SSSR count). The third kappa shape index (κ3) is 4.17. The number of amides is 1. The number of halogens is 2. The second-order valence-corrected chi connectivity index (χ2v) is 10.6. The van der Waals surface area contributed by atoms with E-state index in [9.17, 15) is 13.2 Å². The maximum atomic E-state index is 13.0. The molecule has 160 valence electrons. The van der Waals surface area contributed by atoms with Crippen molar-refractivity contribution in [1.82, 2.24) is 4.31 Å². The van der Waals surface area contributed by atoms with Crippen LogP contribution in [0.5, 0.6) is 0 Å². The molecule has 1 heterocycles. The fourth-order valence-corrected chi connectivity index (χ4v) is 6.12. The van der Waals surface area contributed by atoms with E-state index >= 15 is 0 Å². The van der Waals surface area contributed by atoms with Crippen molar-refractivity contribution in [3.8, 4) is 0 Å². The highest BCUT2D eigenvalue weighted by Crippen LogP contribution is 2.32. The third-order valence-corrected chi connectivity index (χ3v) is 8.40. The Bertz CT molecular complexity index is 1070. The first-order chi connectivity index (χ1) is 14.3. The molecule has 2 aromatic carbocycles. The predicted octanol–water partition coefficient (Wildman–Crippen LogP) is 4.10. The number of nitrogen functional groups attached to an aromatic ring is 1. The van der Waals surface area contributed by atoms with Crippen LogP contribution in [-0.2, 0) is 27.7 Å². The number of carbonyl (C=O) groups excluding carboxylic acids is 1. The highest BCUT2D eigenvalue weighted by atomic mass is 35.5. The van der Waals surface area contributed by atoms with Gasteiger partial charge < -0.3 is 11.1 Å².